The number of carbonyl (C=O) groups is 1. The maximum Gasteiger partial charge on any atom is 0.251 e. The van der Waals surface area contributed by atoms with Crippen molar-refractivity contribution in [1.29, 1.82) is 0 Å². The summed E-state index contributed by atoms with van der Waals surface area (Å²) < 4.78 is 0. The molecule has 0 saturated carbocycles. The van der Waals surface area contributed by atoms with Gasteiger partial charge in [0.2, 0.25) is 5.95 Å². The molecule has 0 radical (unpaired) electrons. The van der Waals surface area contributed by atoms with Crippen molar-refractivity contribution < 1.29 is 4.79 Å². The Labute approximate surface area is 200 Å². The van der Waals surface area contributed by atoms with Crippen LogP contribution in [-0.4, -0.2) is 36.0 Å². The highest BCUT2D eigenvalue weighted by atomic mass is 16.1. The van der Waals surface area contributed by atoms with E-state index in [1.165, 1.54) is 11.3 Å². The van der Waals surface area contributed by atoms with Gasteiger partial charge in [0.1, 0.15) is 0 Å². The Morgan fingerprint density at radius 2 is 1.47 bits per heavy atom. The third kappa shape index (κ3) is 6.42. The molecule has 0 bridgehead atoms. The number of hydrogen-bond acceptors (Lipinski definition) is 5. The number of amides is 1. The summed E-state index contributed by atoms with van der Waals surface area (Å²) in [4.78, 5) is 23.5. The Hall–Kier alpha value is -4.19. The minimum Gasteiger partial charge on any atom is -0.375 e. The van der Waals surface area contributed by atoms with E-state index in [0.717, 1.165) is 24.1 Å². The van der Waals surface area contributed by atoms with E-state index in [1.54, 1.807) is 12.4 Å². The van der Waals surface area contributed by atoms with Crippen molar-refractivity contribution >= 4 is 17.5 Å². The molecule has 0 fully saturated rings. The molecule has 34 heavy (non-hydrogen) atoms. The van der Waals surface area contributed by atoms with E-state index in [2.05, 4.69) is 56.8 Å². The largest absolute Gasteiger partial charge is 0.375 e. The molecule has 0 spiro atoms. The van der Waals surface area contributed by atoms with Crippen molar-refractivity contribution in [2.75, 3.05) is 30.4 Å². The van der Waals surface area contributed by atoms with Crippen LogP contribution in [0.3, 0.4) is 0 Å². The fourth-order valence-corrected chi connectivity index (χ4v) is 3.59. The Bertz CT molecular complexity index is 1160. The Morgan fingerprint density at radius 3 is 2.15 bits per heavy atom. The number of para-hydroxylation sites is 1. The Morgan fingerprint density at radius 1 is 0.824 bits per heavy atom. The zero-order valence-corrected chi connectivity index (χ0v) is 19.3. The molecule has 1 amide bonds. The van der Waals surface area contributed by atoms with E-state index in [4.69, 9.17) is 0 Å². The zero-order valence-electron chi connectivity index (χ0n) is 19.3. The van der Waals surface area contributed by atoms with Gasteiger partial charge in [0.15, 0.2) is 0 Å². The summed E-state index contributed by atoms with van der Waals surface area (Å²) in [6.45, 7) is 2.18. The minimum absolute atomic E-state index is 0.0642. The van der Waals surface area contributed by atoms with Crippen LogP contribution in [0.25, 0.3) is 11.1 Å². The highest BCUT2D eigenvalue weighted by Gasteiger charge is 2.07. The Balaban J connectivity index is 1.24. The minimum atomic E-state index is -0.0642. The van der Waals surface area contributed by atoms with Crippen LogP contribution < -0.4 is 15.5 Å². The lowest BCUT2D eigenvalue weighted by Gasteiger charge is -2.19. The monoisotopic (exact) mass is 451 g/mol. The van der Waals surface area contributed by atoms with Gasteiger partial charge in [-0.2, -0.15) is 0 Å². The maximum atomic E-state index is 12.5. The molecule has 0 aliphatic carbocycles. The van der Waals surface area contributed by atoms with Crippen LogP contribution in [0.2, 0.25) is 0 Å². The molecule has 0 atom stereocenters. The van der Waals surface area contributed by atoms with Crippen molar-refractivity contribution in [2.45, 2.75) is 13.0 Å². The molecule has 6 heteroatoms. The van der Waals surface area contributed by atoms with E-state index in [1.807, 2.05) is 60.7 Å². The molecular formula is C28H29N5O. The number of rotatable bonds is 10. The number of aromatic nitrogens is 2. The Kier molecular flexibility index (Phi) is 7.85. The molecule has 1 aromatic heterocycles. The van der Waals surface area contributed by atoms with E-state index in [-0.39, 0.29) is 5.91 Å². The smallest absolute Gasteiger partial charge is 0.251 e. The van der Waals surface area contributed by atoms with Crippen LogP contribution in [-0.2, 0) is 6.54 Å². The van der Waals surface area contributed by atoms with Crippen LogP contribution in [0.1, 0.15) is 22.3 Å². The summed E-state index contributed by atoms with van der Waals surface area (Å²) in [5.74, 6) is 0.520. The lowest BCUT2D eigenvalue weighted by Crippen LogP contribution is -2.28. The van der Waals surface area contributed by atoms with Gasteiger partial charge >= 0.3 is 0 Å². The van der Waals surface area contributed by atoms with Gasteiger partial charge in [0.05, 0.1) is 0 Å². The number of hydrogen-bond donors (Lipinski definition) is 2. The van der Waals surface area contributed by atoms with Crippen molar-refractivity contribution in [2.24, 2.45) is 0 Å². The molecule has 2 N–H and O–H groups in total. The first-order chi connectivity index (χ1) is 16.7. The van der Waals surface area contributed by atoms with Crippen molar-refractivity contribution in [3.05, 3.63) is 108 Å². The molecular weight excluding hydrogens is 422 g/mol. The van der Waals surface area contributed by atoms with Crippen LogP contribution in [0, 0.1) is 0 Å². The average molecular weight is 452 g/mol. The summed E-state index contributed by atoms with van der Waals surface area (Å²) in [6.07, 6.45) is 4.45. The first-order valence-electron chi connectivity index (χ1n) is 11.4. The quantitative estimate of drug-likeness (QED) is 0.332. The number of carbonyl (C=O) groups excluding carboxylic acids is 1. The highest BCUT2D eigenvalue weighted by molar-refractivity contribution is 5.94. The molecule has 0 aliphatic rings. The van der Waals surface area contributed by atoms with Crippen LogP contribution >= 0.6 is 0 Å². The van der Waals surface area contributed by atoms with Gasteiger partial charge in [-0.1, -0.05) is 60.7 Å². The van der Waals surface area contributed by atoms with E-state index in [9.17, 15) is 4.79 Å². The lowest BCUT2D eigenvalue weighted by atomic mass is 10.1. The molecule has 6 nitrogen and oxygen atoms in total. The molecule has 0 unspecified atom stereocenters. The number of benzene rings is 3. The molecule has 3 aromatic carbocycles. The molecule has 0 aliphatic heterocycles. The van der Waals surface area contributed by atoms with Crippen LogP contribution in [0.15, 0.2) is 97.3 Å². The second kappa shape index (κ2) is 11.6. The molecule has 0 saturated heterocycles. The van der Waals surface area contributed by atoms with Gasteiger partial charge in [0.25, 0.3) is 5.91 Å². The van der Waals surface area contributed by atoms with Crippen LogP contribution in [0.5, 0.6) is 0 Å². The predicted octanol–water partition coefficient (Wildman–Crippen LogP) is 5.01. The van der Waals surface area contributed by atoms with Gasteiger partial charge in [-0.05, 0) is 41.8 Å². The maximum absolute atomic E-state index is 12.5. The summed E-state index contributed by atoms with van der Waals surface area (Å²) in [5, 5.41) is 6.23. The summed E-state index contributed by atoms with van der Waals surface area (Å²) >= 11 is 0. The van der Waals surface area contributed by atoms with Crippen molar-refractivity contribution in [3.8, 4) is 11.1 Å². The number of nitrogens with zero attached hydrogens (tertiary/aromatic N) is 3. The van der Waals surface area contributed by atoms with Gasteiger partial charge < -0.3 is 15.5 Å². The van der Waals surface area contributed by atoms with E-state index >= 15 is 0 Å². The predicted molar refractivity (Wildman–Crippen MR) is 138 cm³/mol. The standard InChI is InChI=1S/C28H29N5O/c1-33(26-11-6-3-7-12-26)18-8-17-29-27(34)24-15-13-23(14-16-24)25-20-31-28(32-21-25)30-19-22-9-4-2-5-10-22/h2-7,9-16,20-21H,8,17-19H2,1H3,(H,29,34)(H,30,31,32). The van der Waals surface area contributed by atoms with Crippen LogP contribution in [0.4, 0.5) is 11.6 Å². The fraction of sp³-hybridized carbons (Fsp3) is 0.179. The fourth-order valence-electron chi connectivity index (χ4n) is 3.59. The third-order valence-electron chi connectivity index (χ3n) is 5.58. The SMILES string of the molecule is CN(CCCNC(=O)c1ccc(-c2cnc(NCc3ccccc3)nc2)cc1)c1ccccc1. The topological polar surface area (TPSA) is 70.2 Å². The normalized spacial score (nSPS) is 10.5. The molecule has 4 aromatic rings. The number of anilines is 2. The van der Waals surface area contributed by atoms with Gasteiger partial charge in [-0.25, -0.2) is 9.97 Å². The molecule has 1 heterocycles. The summed E-state index contributed by atoms with van der Waals surface area (Å²) in [7, 11) is 2.06. The van der Waals surface area contributed by atoms with Gasteiger partial charge in [-0.15, -0.1) is 0 Å². The number of nitrogens with one attached hydrogen (secondary N) is 2. The van der Waals surface area contributed by atoms with E-state index < -0.39 is 0 Å². The second-order valence-corrected chi connectivity index (χ2v) is 8.08. The summed E-state index contributed by atoms with van der Waals surface area (Å²) in [5.41, 5.74) is 4.86. The summed E-state index contributed by atoms with van der Waals surface area (Å²) in [6, 6.07) is 27.9. The average Bonchev–Trinajstić information content (AvgIpc) is 2.91. The van der Waals surface area contributed by atoms with Gasteiger partial charge in [-0.3, -0.25) is 4.79 Å². The molecule has 4 rings (SSSR count). The zero-order chi connectivity index (χ0) is 23.6. The second-order valence-electron chi connectivity index (χ2n) is 8.08. The first kappa shape index (κ1) is 23.0. The third-order valence-corrected chi connectivity index (χ3v) is 5.58. The van der Waals surface area contributed by atoms with E-state index in [0.29, 0.717) is 24.6 Å². The first-order valence-corrected chi connectivity index (χ1v) is 11.4. The highest BCUT2D eigenvalue weighted by Crippen LogP contribution is 2.19. The van der Waals surface area contributed by atoms with Gasteiger partial charge in [0, 0.05) is 55.9 Å². The van der Waals surface area contributed by atoms with Crippen molar-refractivity contribution in [1.82, 2.24) is 15.3 Å². The lowest BCUT2D eigenvalue weighted by molar-refractivity contribution is 0.0953. The molecule has 172 valence electrons. The van der Waals surface area contributed by atoms with Crippen molar-refractivity contribution in [3.63, 3.8) is 0 Å².